The van der Waals surface area contributed by atoms with Crippen molar-refractivity contribution in [3.8, 4) is 0 Å². The van der Waals surface area contributed by atoms with Crippen molar-refractivity contribution in [1.82, 2.24) is 10.2 Å². The Morgan fingerprint density at radius 3 is 2.53 bits per heavy atom. The highest BCUT2D eigenvalue weighted by Gasteiger charge is 2.26. The van der Waals surface area contributed by atoms with Gasteiger partial charge in [-0.05, 0) is 51.0 Å². The van der Waals surface area contributed by atoms with E-state index >= 15 is 0 Å². The number of aliphatic hydroxyl groups excluding tert-OH is 1. The fraction of sp³-hybridized carbons (Fsp3) is 1.00. The lowest BCUT2D eigenvalue weighted by atomic mass is 9.86. The molecule has 1 aliphatic heterocycles. The summed E-state index contributed by atoms with van der Waals surface area (Å²) in [5.74, 6) is 0.909. The van der Waals surface area contributed by atoms with E-state index < -0.39 is 0 Å². The molecule has 0 aromatic heterocycles. The monoisotopic (exact) mass is 240 g/mol. The van der Waals surface area contributed by atoms with Crippen molar-refractivity contribution in [2.45, 2.75) is 57.5 Å². The minimum atomic E-state index is 0.304. The molecule has 0 radical (unpaired) electrons. The van der Waals surface area contributed by atoms with Gasteiger partial charge in [0.05, 0.1) is 6.61 Å². The molecule has 0 spiro atoms. The summed E-state index contributed by atoms with van der Waals surface area (Å²) in [6, 6.07) is 1.39. The van der Waals surface area contributed by atoms with Crippen LogP contribution < -0.4 is 5.32 Å². The molecule has 0 amide bonds. The molecule has 100 valence electrons. The van der Waals surface area contributed by atoms with Crippen molar-refractivity contribution in [2.75, 3.05) is 26.2 Å². The maximum Gasteiger partial charge on any atom is 0.0558 e. The first-order valence-corrected chi connectivity index (χ1v) is 7.38. The smallest absolute Gasteiger partial charge is 0.0558 e. The highest BCUT2D eigenvalue weighted by atomic mass is 16.3. The van der Waals surface area contributed by atoms with Crippen LogP contribution in [0.25, 0.3) is 0 Å². The van der Waals surface area contributed by atoms with Crippen molar-refractivity contribution in [3.05, 3.63) is 0 Å². The lowest BCUT2D eigenvalue weighted by Crippen LogP contribution is -2.46. The molecule has 3 nitrogen and oxygen atoms in total. The van der Waals surface area contributed by atoms with Gasteiger partial charge < -0.3 is 10.4 Å². The van der Waals surface area contributed by atoms with Gasteiger partial charge in [0, 0.05) is 25.2 Å². The van der Waals surface area contributed by atoms with E-state index in [1.54, 1.807) is 0 Å². The molecule has 2 aliphatic rings. The Balaban J connectivity index is 1.82. The van der Waals surface area contributed by atoms with Gasteiger partial charge in [0.2, 0.25) is 0 Å². The first kappa shape index (κ1) is 13.3. The second kappa shape index (κ2) is 6.72. The minimum Gasteiger partial charge on any atom is -0.395 e. The molecule has 3 heteroatoms. The molecule has 1 saturated heterocycles. The Morgan fingerprint density at radius 1 is 1.18 bits per heavy atom. The number of nitrogens with zero attached hydrogens (tertiary/aromatic N) is 1. The zero-order valence-corrected chi connectivity index (χ0v) is 11.2. The van der Waals surface area contributed by atoms with Crippen LogP contribution in [0.5, 0.6) is 0 Å². The summed E-state index contributed by atoms with van der Waals surface area (Å²) in [6.45, 7) is 5.85. The molecule has 2 N–H and O–H groups in total. The fourth-order valence-electron chi connectivity index (χ4n) is 3.35. The van der Waals surface area contributed by atoms with E-state index in [4.69, 9.17) is 0 Å². The summed E-state index contributed by atoms with van der Waals surface area (Å²) >= 11 is 0. The lowest BCUT2D eigenvalue weighted by Gasteiger charge is -2.37. The van der Waals surface area contributed by atoms with E-state index in [1.165, 1.54) is 45.1 Å². The maximum absolute atomic E-state index is 9.23. The van der Waals surface area contributed by atoms with Gasteiger partial charge in [-0.25, -0.2) is 0 Å². The van der Waals surface area contributed by atoms with Crippen LogP contribution in [0.2, 0.25) is 0 Å². The topological polar surface area (TPSA) is 35.5 Å². The second-order valence-corrected chi connectivity index (χ2v) is 5.93. The summed E-state index contributed by atoms with van der Waals surface area (Å²) in [5.41, 5.74) is 0. The molecule has 1 aliphatic carbocycles. The van der Waals surface area contributed by atoms with Crippen molar-refractivity contribution < 1.29 is 5.11 Å². The van der Waals surface area contributed by atoms with Crippen LogP contribution in [0, 0.1) is 5.92 Å². The normalized spacial score (nSPS) is 34.4. The first-order chi connectivity index (χ1) is 8.29. The summed E-state index contributed by atoms with van der Waals surface area (Å²) in [4.78, 5) is 2.54. The zero-order chi connectivity index (χ0) is 12.1. The van der Waals surface area contributed by atoms with Gasteiger partial charge in [-0.2, -0.15) is 0 Å². The van der Waals surface area contributed by atoms with Gasteiger partial charge in [0.15, 0.2) is 0 Å². The largest absolute Gasteiger partial charge is 0.395 e. The van der Waals surface area contributed by atoms with E-state index in [0.717, 1.165) is 25.0 Å². The quantitative estimate of drug-likeness (QED) is 0.766. The van der Waals surface area contributed by atoms with Crippen molar-refractivity contribution >= 4 is 0 Å². The highest BCUT2D eigenvalue weighted by Crippen LogP contribution is 2.27. The van der Waals surface area contributed by atoms with Crippen LogP contribution in [-0.2, 0) is 0 Å². The van der Waals surface area contributed by atoms with Crippen LogP contribution in [0.1, 0.15) is 45.4 Å². The molecule has 2 rings (SSSR count). The second-order valence-electron chi connectivity index (χ2n) is 5.93. The molecule has 0 aromatic carbocycles. The van der Waals surface area contributed by atoms with Gasteiger partial charge in [-0.15, -0.1) is 0 Å². The Hall–Kier alpha value is -0.120. The summed E-state index contributed by atoms with van der Waals surface area (Å²) in [5, 5.41) is 12.8. The minimum absolute atomic E-state index is 0.304. The lowest BCUT2D eigenvalue weighted by molar-refractivity contribution is 0.105. The molecule has 1 saturated carbocycles. The van der Waals surface area contributed by atoms with Crippen LogP contribution >= 0.6 is 0 Å². The SMILES string of the molecule is CC1CCC(N(CCO)CC2CCCN2)CC1. The Kier molecular flexibility index (Phi) is 5.26. The van der Waals surface area contributed by atoms with E-state index in [9.17, 15) is 5.11 Å². The maximum atomic E-state index is 9.23. The van der Waals surface area contributed by atoms with Crippen LogP contribution in [0.3, 0.4) is 0 Å². The predicted molar refractivity (Wildman–Crippen MR) is 71.1 cm³/mol. The fourth-order valence-corrected chi connectivity index (χ4v) is 3.35. The zero-order valence-electron chi connectivity index (χ0n) is 11.2. The van der Waals surface area contributed by atoms with Crippen molar-refractivity contribution in [1.29, 1.82) is 0 Å². The van der Waals surface area contributed by atoms with Crippen LogP contribution in [0.15, 0.2) is 0 Å². The number of aliphatic hydroxyl groups is 1. The molecular formula is C14H28N2O. The molecule has 1 heterocycles. The third-order valence-corrected chi connectivity index (χ3v) is 4.51. The molecular weight excluding hydrogens is 212 g/mol. The standard InChI is InChI=1S/C14H28N2O/c1-12-4-6-14(7-5-12)16(9-10-17)11-13-3-2-8-15-13/h12-15,17H,2-11H2,1H3. The number of hydrogen-bond donors (Lipinski definition) is 2. The molecule has 0 bridgehead atoms. The Labute approximate surface area is 106 Å². The van der Waals surface area contributed by atoms with Gasteiger partial charge in [0.1, 0.15) is 0 Å². The van der Waals surface area contributed by atoms with Crippen LogP contribution in [-0.4, -0.2) is 48.3 Å². The average Bonchev–Trinajstić information content (AvgIpc) is 2.82. The van der Waals surface area contributed by atoms with E-state index in [0.29, 0.717) is 12.6 Å². The third kappa shape index (κ3) is 3.94. The molecule has 1 atom stereocenters. The Bertz CT molecular complexity index is 208. The van der Waals surface area contributed by atoms with Gasteiger partial charge >= 0.3 is 0 Å². The van der Waals surface area contributed by atoms with E-state index in [2.05, 4.69) is 17.1 Å². The number of nitrogens with one attached hydrogen (secondary N) is 1. The van der Waals surface area contributed by atoms with Gasteiger partial charge in [-0.1, -0.05) is 6.92 Å². The first-order valence-electron chi connectivity index (χ1n) is 7.38. The van der Waals surface area contributed by atoms with E-state index in [1.807, 2.05) is 0 Å². The Morgan fingerprint density at radius 2 is 1.94 bits per heavy atom. The van der Waals surface area contributed by atoms with Crippen LogP contribution in [0.4, 0.5) is 0 Å². The highest BCUT2D eigenvalue weighted by molar-refractivity contribution is 4.83. The van der Waals surface area contributed by atoms with Gasteiger partial charge in [0.25, 0.3) is 0 Å². The molecule has 0 aromatic rings. The number of hydrogen-bond acceptors (Lipinski definition) is 3. The average molecular weight is 240 g/mol. The number of rotatable bonds is 5. The van der Waals surface area contributed by atoms with Crippen molar-refractivity contribution in [3.63, 3.8) is 0 Å². The summed E-state index contributed by atoms with van der Waals surface area (Å²) < 4.78 is 0. The molecule has 2 fully saturated rings. The summed E-state index contributed by atoms with van der Waals surface area (Å²) in [7, 11) is 0. The van der Waals surface area contributed by atoms with Gasteiger partial charge in [-0.3, -0.25) is 4.90 Å². The molecule has 1 unspecified atom stereocenters. The predicted octanol–water partition coefficient (Wildman–Crippen LogP) is 1.61. The third-order valence-electron chi connectivity index (χ3n) is 4.51. The van der Waals surface area contributed by atoms with E-state index in [-0.39, 0.29) is 0 Å². The van der Waals surface area contributed by atoms with Crippen molar-refractivity contribution in [2.24, 2.45) is 5.92 Å². The molecule has 17 heavy (non-hydrogen) atoms. The summed E-state index contributed by atoms with van der Waals surface area (Å²) in [6.07, 6.45) is 8.02.